The third kappa shape index (κ3) is 1.48. The Balaban J connectivity index is 2.29. The van der Waals surface area contributed by atoms with Crippen LogP contribution in [0.3, 0.4) is 0 Å². The van der Waals surface area contributed by atoms with Crippen LogP contribution in [-0.2, 0) is 0 Å². The number of hydrogen-bond donors (Lipinski definition) is 1. The van der Waals surface area contributed by atoms with E-state index < -0.39 is 0 Å². The average Bonchev–Trinajstić information content (AvgIpc) is 2.45. The Morgan fingerprint density at radius 3 is 2.11 bits per heavy atom. The SMILES string of the molecule is Oc1cccc2ccc3cc4ccccc4cc3c12. The quantitative estimate of drug-likeness (QED) is 0.346. The maximum Gasteiger partial charge on any atom is 0.124 e. The van der Waals surface area contributed by atoms with E-state index in [1.54, 1.807) is 6.07 Å². The van der Waals surface area contributed by atoms with Gasteiger partial charge in [0.15, 0.2) is 0 Å². The highest BCUT2D eigenvalue weighted by Crippen LogP contribution is 2.34. The fourth-order valence-corrected chi connectivity index (χ4v) is 2.78. The molecule has 0 heterocycles. The van der Waals surface area contributed by atoms with Gasteiger partial charge in [-0.3, -0.25) is 0 Å². The van der Waals surface area contributed by atoms with E-state index in [-0.39, 0.29) is 0 Å². The van der Waals surface area contributed by atoms with Crippen LogP contribution in [0.15, 0.2) is 66.7 Å². The molecule has 0 saturated carbocycles. The maximum absolute atomic E-state index is 10.1. The normalized spacial score (nSPS) is 11.4. The lowest BCUT2D eigenvalue weighted by molar-refractivity contribution is 0.482. The number of fused-ring (bicyclic) bond motifs is 4. The van der Waals surface area contributed by atoms with Crippen molar-refractivity contribution in [1.29, 1.82) is 0 Å². The van der Waals surface area contributed by atoms with Crippen molar-refractivity contribution in [2.45, 2.75) is 0 Å². The Kier molecular flexibility index (Phi) is 2.04. The predicted molar refractivity (Wildman–Crippen MR) is 80.6 cm³/mol. The summed E-state index contributed by atoms with van der Waals surface area (Å²) in [5, 5.41) is 16.8. The zero-order valence-corrected chi connectivity index (χ0v) is 10.3. The monoisotopic (exact) mass is 244 g/mol. The van der Waals surface area contributed by atoms with Gasteiger partial charge in [-0.1, -0.05) is 48.5 Å². The minimum Gasteiger partial charge on any atom is -0.507 e. The van der Waals surface area contributed by atoms with Gasteiger partial charge in [-0.2, -0.15) is 0 Å². The molecule has 19 heavy (non-hydrogen) atoms. The van der Waals surface area contributed by atoms with Gasteiger partial charge in [0.2, 0.25) is 0 Å². The zero-order valence-electron chi connectivity index (χ0n) is 10.3. The summed E-state index contributed by atoms with van der Waals surface area (Å²) in [6, 6.07) is 22.5. The summed E-state index contributed by atoms with van der Waals surface area (Å²) >= 11 is 0. The van der Waals surface area contributed by atoms with E-state index in [9.17, 15) is 5.11 Å². The number of benzene rings is 4. The summed E-state index contributed by atoms with van der Waals surface area (Å²) in [5.74, 6) is 0.346. The van der Waals surface area contributed by atoms with Crippen molar-refractivity contribution in [3.63, 3.8) is 0 Å². The minimum absolute atomic E-state index is 0.346. The summed E-state index contributed by atoms with van der Waals surface area (Å²) in [6.45, 7) is 0. The fourth-order valence-electron chi connectivity index (χ4n) is 2.78. The van der Waals surface area contributed by atoms with Crippen molar-refractivity contribution in [2.24, 2.45) is 0 Å². The molecule has 0 fully saturated rings. The van der Waals surface area contributed by atoms with Gasteiger partial charge in [-0.05, 0) is 45.1 Å². The van der Waals surface area contributed by atoms with Gasteiger partial charge >= 0.3 is 0 Å². The molecule has 0 aromatic heterocycles. The summed E-state index contributed by atoms with van der Waals surface area (Å²) in [5.41, 5.74) is 0. The van der Waals surface area contributed by atoms with E-state index in [4.69, 9.17) is 0 Å². The van der Waals surface area contributed by atoms with E-state index in [1.165, 1.54) is 10.8 Å². The molecule has 90 valence electrons. The van der Waals surface area contributed by atoms with Crippen molar-refractivity contribution in [2.75, 3.05) is 0 Å². The first-order chi connectivity index (χ1) is 9.33. The van der Waals surface area contributed by atoms with Gasteiger partial charge in [-0.15, -0.1) is 0 Å². The molecule has 0 amide bonds. The topological polar surface area (TPSA) is 20.2 Å². The van der Waals surface area contributed by atoms with Crippen LogP contribution >= 0.6 is 0 Å². The molecule has 0 aliphatic rings. The molecular weight excluding hydrogens is 232 g/mol. The Hall–Kier alpha value is -2.54. The highest BCUT2D eigenvalue weighted by atomic mass is 16.3. The Bertz CT molecular complexity index is 922. The van der Waals surface area contributed by atoms with Crippen molar-refractivity contribution in [1.82, 2.24) is 0 Å². The molecule has 4 aromatic carbocycles. The minimum atomic E-state index is 0.346. The number of aromatic hydroxyl groups is 1. The van der Waals surface area contributed by atoms with E-state index in [2.05, 4.69) is 36.4 Å². The van der Waals surface area contributed by atoms with Gasteiger partial charge in [0, 0.05) is 5.39 Å². The van der Waals surface area contributed by atoms with Crippen LogP contribution in [-0.4, -0.2) is 5.11 Å². The number of hydrogen-bond acceptors (Lipinski definition) is 1. The molecule has 0 atom stereocenters. The molecule has 0 aliphatic heterocycles. The molecule has 0 spiro atoms. The molecule has 0 unspecified atom stereocenters. The zero-order chi connectivity index (χ0) is 12.8. The van der Waals surface area contributed by atoms with Crippen LogP contribution in [0.25, 0.3) is 32.3 Å². The third-order valence-corrected chi connectivity index (χ3v) is 3.70. The molecule has 1 nitrogen and oxygen atoms in total. The fraction of sp³-hybridized carbons (Fsp3) is 0. The maximum atomic E-state index is 10.1. The van der Waals surface area contributed by atoms with Gasteiger partial charge < -0.3 is 5.11 Å². The van der Waals surface area contributed by atoms with Crippen molar-refractivity contribution < 1.29 is 5.11 Å². The van der Waals surface area contributed by atoms with Crippen molar-refractivity contribution in [3.05, 3.63) is 66.7 Å². The van der Waals surface area contributed by atoms with E-state index >= 15 is 0 Å². The molecule has 1 heteroatoms. The third-order valence-electron chi connectivity index (χ3n) is 3.70. The van der Waals surface area contributed by atoms with Crippen LogP contribution in [0, 0.1) is 0 Å². The van der Waals surface area contributed by atoms with Crippen LogP contribution in [0.5, 0.6) is 5.75 Å². The largest absolute Gasteiger partial charge is 0.507 e. The predicted octanol–water partition coefficient (Wildman–Crippen LogP) is 4.85. The van der Waals surface area contributed by atoms with Gasteiger partial charge in [0.05, 0.1) is 0 Å². The summed E-state index contributed by atoms with van der Waals surface area (Å²) in [7, 11) is 0. The lowest BCUT2D eigenvalue weighted by Crippen LogP contribution is -1.80. The van der Waals surface area contributed by atoms with Crippen LogP contribution in [0.1, 0.15) is 0 Å². The Morgan fingerprint density at radius 2 is 1.26 bits per heavy atom. The highest BCUT2D eigenvalue weighted by molar-refractivity contribution is 6.14. The summed E-state index contributed by atoms with van der Waals surface area (Å²) < 4.78 is 0. The number of phenolic OH excluding ortho intramolecular Hbond substituents is 1. The molecule has 0 aliphatic carbocycles. The first-order valence-corrected chi connectivity index (χ1v) is 6.36. The van der Waals surface area contributed by atoms with E-state index in [1.807, 2.05) is 24.3 Å². The second-order valence-electron chi connectivity index (χ2n) is 4.86. The molecular formula is C18H12O. The summed E-state index contributed by atoms with van der Waals surface area (Å²) in [4.78, 5) is 0. The van der Waals surface area contributed by atoms with E-state index in [0.29, 0.717) is 5.75 Å². The van der Waals surface area contributed by atoms with Crippen LogP contribution < -0.4 is 0 Å². The standard InChI is InChI=1S/C18H12O/c19-17-7-3-6-12-8-9-15-10-13-4-1-2-5-14(13)11-16(15)18(12)17/h1-11,19H. The first kappa shape index (κ1) is 10.4. The number of rotatable bonds is 0. The van der Waals surface area contributed by atoms with Crippen molar-refractivity contribution in [3.8, 4) is 5.75 Å². The molecule has 4 aromatic rings. The van der Waals surface area contributed by atoms with E-state index in [0.717, 1.165) is 21.5 Å². The Morgan fingerprint density at radius 1 is 0.579 bits per heavy atom. The summed E-state index contributed by atoms with van der Waals surface area (Å²) in [6.07, 6.45) is 0. The van der Waals surface area contributed by atoms with Gasteiger partial charge in [-0.25, -0.2) is 0 Å². The highest BCUT2D eigenvalue weighted by Gasteiger charge is 2.05. The molecule has 0 bridgehead atoms. The second kappa shape index (κ2) is 3.72. The molecule has 0 saturated heterocycles. The lowest BCUT2D eigenvalue weighted by Gasteiger charge is -2.07. The molecule has 4 rings (SSSR count). The van der Waals surface area contributed by atoms with Crippen LogP contribution in [0.4, 0.5) is 0 Å². The Labute approximate surface area is 110 Å². The molecule has 0 radical (unpaired) electrons. The van der Waals surface area contributed by atoms with Crippen molar-refractivity contribution >= 4 is 32.3 Å². The van der Waals surface area contributed by atoms with Gasteiger partial charge in [0.25, 0.3) is 0 Å². The lowest BCUT2D eigenvalue weighted by atomic mass is 9.98. The first-order valence-electron chi connectivity index (χ1n) is 6.36. The number of phenols is 1. The van der Waals surface area contributed by atoms with Gasteiger partial charge in [0.1, 0.15) is 5.75 Å². The smallest absolute Gasteiger partial charge is 0.124 e. The second-order valence-corrected chi connectivity index (χ2v) is 4.86. The molecule has 1 N–H and O–H groups in total. The van der Waals surface area contributed by atoms with Crippen LogP contribution in [0.2, 0.25) is 0 Å². The average molecular weight is 244 g/mol.